The Morgan fingerprint density at radius 2 is 1.89 bits per heavy atom. The van der Waals surface area contributed by atoms with Crippen LogP contribution in [0.2, 0.25) is 0 Å². The van der Waals surface area contributed by atoms with Gasteiger partial charge in [0.2, 0.25) is 5.92 Å². The number of halogens is 2. The Kier molecular flexibility index (Phi) is 4.75. The average molecular weight is 268 g/mol. The molecule has 1 aromatic carbocycles. The zero-order chi connectivity index (χ0) is 13.7. The fraction of sp³-hybridized carbons (Fsp3) is 0.600. The van der Waals surface area contributed by atoms with Gasteiger partial charge in [0.1, 0.15) is 0 Å². The smallest absolute Gasteiger partial charge is 0.248 e. The Balaban J connectivity index is 1.53. The maximum atomic E-state index is 12.7. The Bertz CT molecular complexity index is 373. The van der Waals surface area contributed by atoms with E-state index in [1.165, 1.54) is 0 Å². The molecule has 1 aliphatic rings. The van der Waals surface area contributed by atoms with E-state index in [2.05, 4.69) is 10.6 Å². The number of para-hydroxylation sites is 1. The van der Waals surface area contributed by atoms with E-state index in [-0.39, 0.29) is 24.8 Å². The lowest BCUT2D eigenvalue weighted by Gasteiger charge is -2.39. The number of benzene rings is 1. The first-order chi connectivity index (χ1) is 9.07. The van der Waals surface area contributed by atoms with Crippen molar-refractivity contribution in [1.29, 1.82) is 0 Å². The van der Waals surface area contributed by atoms with Gasteiger partial charge in [0, 0.05) is 31.1 Å². The van der Waals surface area contributed by atoms with E-state index in [9.17, 15) is 8.78 Å². The number of nitrogens with one attached hydrogen (secondary N) is 2. The number of anilines is 1. The maximum absolute atomic E-state index is 12.7. The molecule has 0 radical (unpaired) electrons. The summed E-state index contributed by atoms with van der Waals surface area (Å²) in [5, 5.41) is 6.66. The molecule has 0 bridgehead atoms. The fourth-order valence-corrected chi connectivity index (χ4v) is 2.43. The SMILES string of the molecule is CC(NCCCNc1ccccc1)C1CC(F)(F)C1. The second-order valence-electron chi connectivity index (χ2n) is 5.41. The van der Waals surface area contributed by atoms with Gasteiger partial charge >= 0.3 is 0 Å². The highest BCUT2D eigenvalue weighted by atomic mass is 19.3. The number of alkyl halides is 2. The molecule has 4 heteroatoms. The first-order valence-electron chi connectivity index (χ1n) is 6.97. The van der Waals surface area contributed by atoms with Crippen LogP contribution in [0.15, 0.2) is 30.3 Å². The second-order valence-corrected chi connectivity index (χ2v) is 5.41. The van der Waals surface area contributed by atoms with Crippen LogP contribution in [0.5, 0.6) is 0 Å². The van der Waals surface area contributed by atoms with Gasteiger partial charge in [0.25, 0.3) is 0 Å². The highest BCUT2D eigenvalue weighted by Gasteiger charge is 2.47. The van der Waals surface area contributed by atoms with Crippen LogP contribution in [0, 0.1) is 5.92 Å². The van der Waals surface area contributed by atoms with Crippen molar-refractivity contribution < 1.29 is 8.78 Å². The third kappa shape index (κ3) is 4.46. The van der Waals surface area contributed by atoms with Crippen LogP contribution < -0.4 is 10.6 Å². The van der Waals surface area contributed by atoms with Crippen LogP contribution in [-0.4, -0.2) is 25.1 Å². The summed E-state index contributed by atoms with van der Waals surface area (Å²) in [6.07, 6.45) is 1.08. The van der Waals surface area contributed by atoms with Crippen molar-refractivity contribution in [2.75, 3.05) is 18.4 Å². The van der Waals surface area contributed by atoms with Crippen LogP contribution in [0.1, 0.15) is 26.2 Å². The minimum atomic E-state index is -2.41. The van der Waals surface area contributed by atoms with Gasteiger partial charge in [0.15, 0.2) is 0 Å². The minimum absolute atomic E-state index is 0.0451. The quantitative estimate of drug-likeness (QED) is 0.739. The number of rotatable bonds is 7. The van der Waals surface area contributed by atoms with Gasteiger partial charge in [-0.15, -0.1) is 0 Å². The lowest BCUT2D eigenvalue weighted by atomic mass is 9.77. The first-order valence-corrected chi connectivity index (χ1v) is 6.97. The summed E-state index contributed by atoms with van der Waals surface area (Å²) >= 11 is 0. The molecule has 19 heavy (non-hydrogen) atoms. The van der Waals surface area contributed by atoms with E-state index in [0.29, 0.717) is 0 Å². The van der Waals surface area contributed by atoms with Crippen molar-refractivity contribution in [3.8, 4) is 0 Å². The predicted octanol–water partition coefficient (Wildman–Crippen LogP) is 3.51. The normalized spacial score (nSPS) is 19.7. The summed E-state index contributed by atoms with van der Waals surface area (Å²) in [6, 6.07) is 10.2. The molecule has 1 aliphatic carbocycles. The van der Waals surface area contributed by atoms with Crippen molar-refractivity contribution in [2.45, 2.75) is 38.2 Å². The van der Waals surface area contributed by atoms with Crippen molar-refractivity contribution in [3.05, 3.63) is 30.3 Å². The molecule has 1 unspecified atom stereocenters. The molecule has 0 saturated heterocycles. The van der Waals surface area contributed by atoms with E-state index in [1.807, 2.05) is 37.3 Å². The van der Waals surface area contributed by atoms with Crippen LogP contribution >= 0.6 is 0 Å². The zero-order valence-electron chi connectivity index (χ0n) is 11.3. The molecule has 2 N–H and O–H groups in total. The molecule has 2 rings (SSSR count). The molecule has 1 aromatic rings. The number of hydrogen-bond donors (Lipinski definition) is 2. The third-order valence-electron chi connectivity index (χ3n) is 3.75. The summed E-state index contributed by atoms with van der Waals surface area (Å²) in [4.78, 5) is 0. The molecule has 0 spiro atoms. The number of hydrogen-bond acceptors (Lipinski definition) is 2. The van der Waals surface area contributed by atoms with E-state index < -0.39 is 5.92 Å². The molecular weight excluding hydrogens is 246 g/mol. The van der Waals surface area contributed by atoms with E-state index in [0.717, 1.165) is 25.2 Å². The molecule has 2 nitrogen and oxygen atoms in total. The molecule has 1 saturated carbocycles. The van der Waals surface area contributed by atoms with Crippen molar-refractivity contribution >= 4 is 5.69 Å². The predicted molar refractivity (Wildman–Crippen MR) is 74.7 cm³/mol. The molecule has 0 amide bonds. The van der Waals surface area contributed by atoms with Crippen molar-refractivity contribution in [1.82, 2.24) is 5.32 Å². The lowest BCUT2D eigenvalue weighted by molar-refractivity contribution is -0.117. The third-order valence-corrected chi connectivity index (χ3v) is 3.75. The summed E-state index contributed by atoms with van der Waals surface area (Å²) < 4.78 is 25.5. The van der Waals surface area contributed by atoms with Crippen LogP contribution in [0.25, 0.3) is 0 Å². The highest BCUT2D eigenvalue weighted by molar-refractivity contribution is 5.42. The minimum Gasteiger partial charge on any atom is -0.385 e. The Hall–Kier alpha value is -1.16. The standard InChI is InChI=1S/C15H22F2N2/c1-12(13-10-15(16,17)11-13)18-8-5-9-19-14-6-3-2-4-7-14/h2-4,6-7,12-13,18-19H,5,8-11H2,1H3. The van der Waals surface area contributed by atoms with Gasteiger partial charge in [-0.1, -0.05) is 18.2 Å². The summed E-state index contributed by atoms with van der Waals surface area (Å²) in [5.74, 6) is -2.27. The van der Waals surface area contributed by atoms with Gasteiger partial charge in [-0.05, 0) is 37.9 Å². The highest BCUT2D eigenvalue weighted by Crippen LogP contribution is 2.43. The first kappa shape index (κ1) is 14.3. The molecule has 1 atom stereocenters. The molecule has 106 valence electrons. The van der Waals surface area contributed by atoms with Crippen LogP contribution in [0.4, 0.5) is 14.5 Å². The van der Waals surface area contributed by atoms with Crippen LogP contribution in [0.3, 0.4) is 0 Å². The summed E-state index contributed by atoms with van der Waals surface area (Å²) in [7, 11) is 0. The van der Waals surface area contributed by atoms with Crippen LogP contribution in [-0.2, 0) is 0 Å². The molecule has 0 aromatic heterocycles. The topological polar surface area (TPSA) is 24.1 Å². The fourth-order valence-electron chi connectivity index (χ4n) is 2.43. The Morgan fingerprint density at radius 3 is 2.53 bits per heavy atom. The van der Waals surface area contributed by atoms with Gasteiger partial charge in [-0.3, -0.25) is 0 Å². The summed E-state index contributed by atoms with van der Waals surface area (Å²) in [5.41, 5.74) is 1.12. The largest absolute Gasteiger partial charge is 0.385 e. The molecule has 0 aliphatic heterocycles. The van der Waals surface area contributed by atoms with E-state index in [1.54, 1.807) is 0 Å². The van der Waals surface area contributed by atoms with Crippen molar-refractivity contribution in [3.63, 3.8) is 0 Å². The Labute approximate surface area is 113 Å². The monoisotopic (exact) mass is 268 g/mol. The van der Waals surface area contributed by atoms with E-state index >= 15 is 0 Å². The van der Waals surface area contributed by atoms with Gasteiger partial charge in [-0.2, -0.15) is 0 Å². The lowest BCUT2D eigenvalue weighted by Crippen LogP contribution is -2.46. The molecule has 0 heterocycles. The average Bonchev–Trinajstić information content (AvgIpc) is 2.36. The summed E-state index contributed by atoms with van der Waals surface area (Å²) in [6.45, 7) is 3.76. The van der Waals surface area contributed by atoms with Gasteiger partial charge in [0.05, 0.1) is 0 Å². The zero-order valence-corrected chi connectivity index (χ0v) is 11.3. The second kappa shape index (κ2) is 6.33. The van der Waals surface area contributed by atoms with Crippen molar-refractivity contribution in [2.24, 2.45) is 5.92 Å². The van der Waals surface area contributed by atoms with E-state index in [4.69, 9.17) is 0 Å². The molecule has 1 fully saturated rings. The molecular formula is C15H22F2N2. The van der Waals surface area contributed by atoms with Gasteiger partial charge in [-0.25, -0.2) is 8.78 Å². The van der Waals surface area contributed by atoms with Gasteiger partial charge < -0.3 is 10.6 Å². The maximum Gasteiger partial charge on any atom is 0.248 e. The Morgan fingerprint density at radius 1 is 1.21 bits per heavy atom.